The van der Waals surface area contributed by atoms with Crippen LogP contribution in [0.4, 0.5) is 10.1 Å². The molecule has 2 amide bonds. The van der Waals surface area contributed by atoms with Gasteiger partial charge in [0.15, 0.2) is 0 Å². The van der Waals surface area contributed by atoms with E-state index < -0.39 is 23.7 Å². The number of nitrogens with one attached hydrogen (secondary N) is 1. The molecule has 3 aromatic carbocycles. The van der Waals surface area contributed by atoms with E-state index in [2.05, 4.69) is 5.32 Å². The van der Waals surface area contributed by atoms with Crippen molar-refractivity contribution in [3.63, 3.8) is 0 Å². The first-order valence-electron chi connectivity index (χ1n) is 13.7. The molecule has 204 valence electrons. The van der Waals surface area contributed by atoms with E-state index in [9.17, 15) is 14.0 Å². The van der Waals surface area contributed by atoms with Gasteiger partial charge in [-0.25, -0.2) is 4.39 Å². The fourth-order valence-electron chi connectivity index (χ4n) is 5.80. The number of aryl methyl sites for hydroxylation is 2. The fraction of sp³-hybridized carbons (Fsp3) is 0.375. The van der Waals surface area contributed by atoms with E-state index in [-0.39, 0.29) is 17.6 Å². The summed E-state index contributed by atoms with van der Waals surface area (Å²) in [5, 5.41) is 3.57. The molecule has 3 aromatic rings. The number of carbonyl (C=O) groups is 2. The molecule has 0 bridgehead atoms. The second kappa shape index (κ2) is 11.8. The maximum absolute atomic E-state index is 14.9. The molecule has 2 atom stereocenters. The highest BCUT2D eigenvalue weighted by atomic mass is 35.5. The quantitative estimate of drug-likeness (QED) is 0.344. The van der Waals surface area contributed by atoms with Crippen LogP contribution in [-0.4, -0.2) is 29.4 Å². The minimum absolute atomic E-state index is 0.0510. The van der Waals surface area contributed by atoms with Gasteiger partial charge in [0.25, 0.3) is 5.91 Å². The zero-order valence-corrected chi connectivity index (χ0v) is 23.1. The van der Waals surface area contributed by atoms with Crippen LogP contribution in [-0.2, 0) is 4.79 Å². The van der Waals surface area contributed by atoms with Gasteiger partial charge in [-0.1, -0.05) is 41.9 Å². The van der Waals surface area contributed by atoms with Gasteiger partial charge in [0, 0.05) is 17.3 Å². The summed E-state index contributed by atoms with van der Waals surface area (Å²) in [4.78, 5) is 29.2. The van der Waals surface area contributed by atoms with E-state index in [0.29, 0.717) is 35.7 Å². The Hall–Kier alpha value is -3.38. The van der Waals surface area contributed by atoms with Crippen molar-refractivity contribution in [2.24, 2.45) is 5.92 Å². The van der Waals surface area contributed by atoms with Gasteiger partial charge in [-0.05, 0) is 99.4 Å². The van der Waals surface area contributed by atoms with Crippen LogP contribution in [0, 0.1) is 25.6 Å². The van der Waals surface area contributed by atoms with Crippen LogP contribution in [0.5, 0.6) is 5.75 Å². The summed E-state index contributed by atoms with van der Waals surface area (Å²) in [7, 11) is 0. The molecule has 1 heterocycles. The minimum atomic E-state index is -0.563. The summed E-state index contributed by atoms with van der Waals surface area (Å²) >= 11 is 6.29. The Balaban J connectivity index is 1.47. The van der Waals surface area contributed by atoms with Crippen molar-refractivity contribution in [2.75, 3.05) is 11.9 Å². The Bertz CT molecular complexity index is 1330. The lowest BCUT2D eigenvalue weighted by Crippen LogP contribution is -2.46. The predicted molar refractivity (Wildman–Crippen MR) is 152 cm³/mol. The van der Waals surface area contributed by atoms with E-state index in [1.54, 1.807) is 30.0 Å². The number of rotatable bonds is 6. The number of piperidine rings is 1. The highest BCUT2D eigenvalue weighted by Gasteiger charge is 2.40. The highest BCUT2D eigenvalue weighted by molar-refractivity contribution is 6.31. The Morgan fingerprint density at radius 3 is 2.38 bits per heavy atom. The summed E-state index contributed by atoms with van der Waals surface area (Å²) < 4.78 is 21.0. The number of anilines is 1. The van der Waals surface area contributed by atoms with E-state index in [1.165, 1.54) is 18.9 Å². The number of ether oxygens (including phenoxy) is 1. The smallest absolute Gasteiger partial charge is 0.257 e. The monoisotopic (exact) mass is 548 g/mol. The zero-order valence-electron chi connectivity index (χ0n) is 22.4. The molecule has 0 spiro atoms. The third-order valence-electron chi connectivity index (χ3n) is 7.93. The number of hydrogen-bond acceptors (Lipinski definition) is 3. The molecule has 0 radical (unpaired) electrons. The molecule has 1 saturated heterocycles. The van der Waals surface area contributed by atoms with Gasteiger partial charge in [0.05, 0.1) is 23.6 Å². The lowest BCUT2D eigenvalue weighted by atomic mass is 9.83. The topological polar surface area (TPSA) is 58.6 Å². The largest absolute Gasteiger partial charge is 0.490 e. The van der Waals surface area contributed by atoms with Crippen molar-refractivity contribution in [1.29, 1.82) is 0 Å². The molecule has 1 saturated carbocycles. The Morgan fingerprint density at radius 2 is 1.69 bits per heavy atom. The summed E-state index contributed by atoms with van der Waals surface area (Å²) in [6.45, 7) is 4.06. The van der Waals surface area contributed by atoms with Gasteiger partial charge >= 0.3 is 0 Å². The van der Waals surface area contributed by atoms with Crippen molar-refractivity contribution in [3.05, 3.63) is 93.8 Å². The average Bonchev–Trinajstić information content (AvgIpc) is 3.44. The zero-order chi connectivity index (χ0) is 27.5. The van der Waals surface area contributed by atoms with Crippen LogP contribution in [0.15, 0.2) is 60.7 Å². The number of amides is 2. The van der Waals surface area contributed by atoms with Crippen LogP contribution < -0.4 is 10.1 Å². The summed E-state index contributed by atoms with van der Waals surface area (Å²) in [6, 6.07) is 17.2. The fourth-order valence-corrected chi connectivity index (χ4v) is 5.99. The molecule has 2 unspecified atom stereocenters. The first-order valence-corrected chi connectivity index (χ1v) is 14.1. The van der Waals surface area contributed by atoms with Gasteiger partial charge in [-0.3, -0.25) is 9.59 Å². The van der Waals surface area contributed by atoms with E-state index >= 15 is 0 Å². The number of likely N-dealkylation sites (tertiary alicyclic amines) is 1. The van der Waals surface area contributed by atoms with Crippen LogP contribution in [0.2, 0.25) is 5.02 Å². The Morgan fingerprint density at radius 1 is 0.949 bits per heavy atom. The van der Waals surface area contributed by atoms with Gasteiger partial charge in [0.1, 0.15) is 11.6 Å². The number of hydrogen-bond donors (Lipinski definition) is 1. The molecule has 2 fully saturated rings. The van der Waals surface area contributed by atoms with Crippen molar-refractivity contribution in [3.8, 4) is 5.75 Å². The van der Waals surface area contributed by atoms with E-state index in [0.717, 1.165) is 29.7 Å². The normalized spacial score (nSPS) is 19.6. The second-order valence-corrected chi connectivity index (χ2v) is 11.1. The van der Waals surface area contributed by atoms with Crippen LogP contribution in [0.1, 0.15) is 71.6 Å². The molecular weight excluding hydrogens is 515 g/mol. The van der Waals surface area contributed by atoms with Gasteiger partial charge < -0.3 is 15.0 Å². The molecule has 1 aliphatic heterocycles. The van der Waals surface area contributed by atoms with Gasteiger partial charge in [-0.15, -0.1) is 0 Å². The lowest BCUT2D eigenvalue weighted by Gasteiger charge is -2.41. The van der Waals surface area contributed by atoms with Crippen molar-refractivity contribution in [1.82, 2.24) is 4.90 Å². The third kappa shape index (κ3) is 5.96. The predicted octanol–water partition coefficient (Wildman–Crippen LogP) is 7.65. The maximum atomic E-state index is 14.9. The standard InChI is InChI=1S/C32H34ClFN2O3/c1-20-12-15-23(19-27(20)33)35-31(37)26-10-6-18-36(32(38)29-21(2)7-5-11-28(29)34)30(26)22-13-16-25(17-14-22)39-24-8-3-4-9-24/h5,7,11-17,19,24,26,30H,3-4,6,8-10,18H2,1-2H3,(H,35,37). The number of nitrogens with zero attached hydrogens (tertiary/aromatic N) is 1. The average molecular weight is 549 g/mol. The molecule has 0 aromatic heterocycles. The summed E-state index contributed by atoms with van der Waals surface area (Å²) in [5.74, 6) is -0.914. The molecule has 7 heteroatoms. The maximum Gasteiger partial charge on any atom is 0.257 e. The van der Waals surface area contributed by atoms with Crippen LogP contribution >= 0.6 is 11.6 Å². The lowest BCUT2D eigenvalue weighted by molar-refractivity contribution is -0.123. The number of carbonyl (C=O) groups excluding carboxylic acids is 2. The van der Waals surface area contributed by atoms with Gasteiger partial charge in [-0.2, -0.15) is 0 Å². The van der Waals surface area contributed by atoms with Crippen molar-refractivity contribution >= 4 is 29.1 Å². The molecular formula is C32H34ClFN2O3. The number of benzene rings is 3. The van der Waals surface area contributed by atoms with Crippen LogP contribution in [0.25, 0.3) is 0 Å². The molecule has 5 nitrogen and oxygen atoms in total. The first kappa shape index (κ1) is 27.2. The van der Waals surface area contributed by atoms with Crippen LogP contribution in [0.3, 0.4) is 0 Å². The number of halogens is 2. The van der Waals surface area contributed by atoms with Gasteiger partial charge in [0.2, 0.25) is 5.91 Å². The minimum Gasteiger partial charge on any atom is -0.490 e. The van der Waals surface area contributed by atoms with E-state index in [1.807, 2.05) is 43.3 Å². The molecule has 1 N–H and O–H groups in total. The summed E-state index contributed by atoms with van der Waals surface area (Å²) in [6.07, 6.45) is 5.93. The molecule has 2 aliphatic rings. The Labute approximate surface area is 234 Å². The Kier molecular flexibility index (Phi) is 8.22. The molecule has 39 heavy (non-hydrogen) atoms. The SMILES string of the molecule is Cc1ccc(NC(=O)C2CCCN(C(=O)c3c(C)cccc3F)C2c2ccc(OC3CCCC3)cc2)cc1Cl. The van der Waals surface area contributed by atoms with Crippen molar-refractivity contribution in [2.45, 2.75) is 64.5 Å². The third-order valence-corrected chi connectivity index (χ3v) is 8.34. The highest BCUT2D eigenvalue weighted by Crippen LogP contribution is 2.39. The molecule has 5 rings (SSSR count). The second-order valence-electron chi connectivity index (χ2n) is 10.7. The molecule has 1 aliphatic carbocycles. The van der Waals surface area contributed by atoms with E-state index in [4.69, 9.17) is 16.3 Å². The summed E-state index contributed by atoms with van der Waals surface area (Å²) in [5.41, 5.74) is 2.96. The first-order chi connectivity index (χ1) is 18.8. The van der Waals surface area contributed by atoms with Crippen molar-refractivity contribution < 1.29 is 18.7 Å².